The minimum atomic E-state index is -0.148. The lowest BCUT2D eigenvalue weighted by atomic mass is 10.00. The van der Waals surface area contributed by atoms with Gasteiger partial charge in [0.05, 0.1) is 5.69 Å². The van der Waals surface area contributed by atoms with Crippen molar-refractivity contribution in [2.24, 2.45) is 0 Å². The van der Waals surface area contributed by atoms with Gasteiger partial charge < -0.3 is 5.32 Å². The van der Waals surface area contributed by atoms with Crippen molar-refractivity contribution in [3.63, 3.8) is 0 Å². The van der Waals surface area contributed by atoms with E-state index in [1.807, 2.05) is 74.5 Å². The summed E-state index contributed by atoms with van der Waals surface area (Å²) in [6.07, 6.45) is 2.22. The molecule has 1 unspecified atom stereocenters. The molecule has 4 rings (SSSR count). The maximum Gasteiger partial charge on any atom is 0.251 e. The molecule has 0 bridgehead atoms. The maximum atomic E-state index is 13.1. The van der Waals surface area contributed by atoms with E-state index in [4.69, 9.17) is 11.6 Å². The van der Waals surface area contributed by atoms with E-state index < -0.39 is 0 Å². The molecule has 1 heterocycles. The molecule has 3 aromatic carbocycles. The first kappa shape index (κ1) is 20.8. The van der Waals surface area contributed by atoms with Gasteiger partial charge in [0.2, 0.25) is 0 Å². The normalized spacial score (nSPS) is 11.8. The maximum absolute atomic E-state index is 13.1. The quantitative estimate of drug-likeness (QED) is 0.482. The zero-order valence-corrected chi connectivity index (χ0v) is 18.0. The molecule has 0 aliphatic carbocycles. The first-order valence-electron chi connectivity index (χ1n) is 9.99. The van der Waals surface area contributed by atoms with Gasteiger partial charge in [-0.05, 0) is 77.7 Å². The molecule has 7 heteroatoms. The molecule has 31 heavy (non-hydrogen) atoms. The molecule has 0 aliphatic heterocycles. The number of hydrogen-bond acceptors (Lipinski definition) is 4. The molecular weight excluding hydrogens is 410 g/mol. The van der Waals surface area contributed by atoms with Crippen LogP contribution in [0.15, 0.2) is 73.1 Å². The minimum Gasteiger partial charge on any atom is -0.349 e. The van der Waals surface area contributed by atoms with Crippen molar-refractivity contribution in [3.8, 4) is 16.8 Å². The van der Waals surface area contributed by atoms with Gasteiger partial charge in [-0.15, -0.1) is 5.10 Å². The van der Waals surface area contributed by atoms with Crippen molar-refractivity contribution in [2.45, 2.75) is 26.3 Å². The van der Waals surface area contributed by atoms with Crippen LogP contribution in [0.4, 0.5) is 0 Å². The summed E-state index contributed by atoms with van der Waals surface area (Å²) in [5.41, 5.74) is 5.49. The molecule has 0 aliphatic rings. The van der Waals surface area contributed by atoms with Gasteiger partial charge in [0.1, 0.15) is 6.33 Å². The van der Waals surface area contributed by atoms with E-state index in [0.717, 1.165) is 22.4 Å². The number of carbonyl (C=O) groups is 1. The lowest BCUT2D eigenvalue weighted by Gasteiger charge is -2.15. The highest BCUT2D eigenvalue weighted by Crippen LogP contribution is 2.25. The zero-order chi connectivity index (χ0) is 21.8. The Bertz CT molecular complexity index is 1170. The largest absolute Gasteiger partial charge is 0.349 e. The number of amides is 1. The number of tetrazole rings is 1. The molecule has 0 saturated heterocycles. The summed E-state index contributed by atoms with van der Waals surface area (Å²) in [6, 6.07) is 21.4. The Balaban J connectivity index is 1.60. The molecule has 0 radical (unpaired) electrons. The van der Waals surface area contributed by atoms with Gasteiger partial charge in [-0.3, -0.25) is 4.79 Å². The fourth-order valence-corrected chi connectivity index (χ4v) is 3.53. The molecule has 1 N–H and O–H groups in total. The molecule has 156 valence electrons. The fraction of sp³-hybridized carbons (Fsp3) is 0.167. The van der Waals surface area contributed by atoms with E-state index in [0.29, 0.717) is 17.0 Å². The molecule has 4 aromatic rings. The first-order valence-corrected chi connectivity index (χ1v) is 10.4. The van der Waals surface area contributed by atoms with Gasteiger partial charge >= 0.3 is 0 Å². The van der Waals surface area contributed by atoms with Crippen LogP contribution >= 0.6 is 11.6 Å². The number of benzene rings is 3. The number of nitrogens with one attached hydrogen (secondary N) is 1. The average molecular weight is 432 g/mol. The third-order valence-electron chi connectivity index (χ3n) is 5.01. The Morgan fingerprint density at radius 1 is 1.03 bits per heavy atom. The lowest BCUT2D eigenvalue weighted by molar-refractivity contribution is 0.0940. The number of hydrogen-bond donors (Lipinski definition) is 1. The number of nitrogens with zero attached hydrogens (tertiary/aromatic N) is 4. The molecule has 1 aromatic heterocycles. The van der Waals surface area contributed by atoms with Crippen LogP contribution < -0.4 is 5.32 Å². The van der Waals surface area contributed by atoms with Crippen LogP contribution in [0.3, 0.4) is 0 Å². The van der Waals surface area contributed by atoms with Crippen molar-refractivity contribution in [2.75, 3.05) is 0 Å². The number of aryl methyl sites for hydroxylation is 1. The van der Waals surface area contributed by atoms with Crippen LogP contribution in [0, 0.1) is 6.92 Å². The van der Waals surface area contributed by atoms with E-state index in [9.17, 15) is 4.79 Å². The van der Waals surface area contributed by atoms with Crippen molar-refractivity contribution in [1.82, 2.24) is 25.5 Å². The second-order valence-corrected chi connectivity index (χ2v) is 8.03. The van der Waals surface area contributed by atoms with E-state index in [-0.39, 0.29) is 11.9 Å². The van der Waals surface area contributed by atoms with Crippen LogP contribution in [-0.2, 0) is 6.42 Å². The number of halogens is 1. The average Bonchev–Trinajstić information content (AvgIpc) is 3.30. The van der Waals surface area contributed by atoms with E-state index in [1.54, 1.807) is 10.7 Å². The highest BCUT2D eigenvalue weighted by Gasteiger charge is 2.14. The van der Waals surface area contributed by atoms with E-state index in [1.165, 1.54) is 11.9 Å². The Hall–Kier alpha value is -3.51. The Kier molecular flexibility index (Phi) is 6.09. The third-order valence-corrected chi connectivity index (χ3v) is 5.26. The number of rotatable bonds is 6. The van der Waals surface area contributed by atoms with Crippen molar-refractivity contribution < 1.29 is 4.79 Å². The molecule has 6 nitrogen and oxygen atoms in total. The molecule has 0 fully saturated rings. The summed E-state index contributed by atoms with van der Waals surface area (Å²) in [5, 5.41) is 15.2. The second kappa shape index (κ2) is 9.10. The lowest BCUT2D eigenvalue weighted by Crippen LogP contribution is -2.34. The Morgan fingerprint density at radius 2 is 1.77 bits per heavy atom. The predicted molar refractivity (Wildman–Crippen MR) is 121 cm³/mol. The van der Waals surface area contributed by atoms with Gasteiger partial charge in [-0.2, -0.15) is 0 Å². The third kappa shape index (κ3) is 5.16. The summed E-state index contributed by atoms with van der Waals surface area (Å²) in [4.78, 5) is 13.1. The standard InChI is InChI=1S/C24H22ClN5O/c1-16-3-7-19(8-4-16)20-12-21(14-23(13-20)30-15-26-28-29-30)24(31)27-17(2)11-18-5-9-22(25)10-6-18/h3-10,12-15,17H,11H2,1-2H3,(H,27,31). The number of carbonyl (C=O) groups excluding carboxylic acids is 1. The Morgan fingerprint density at radius 3 is 2.45 bits per heavy atom. The summed E-state index contributed by atoms with van der Waals surface area (Å²) >= 11 is 5.96. The molecule has 1 amide bonds. The van der Waals surface area contributed by atoms with Crippen LogP contribution in [0.1, 0.15) is 28.4 Å². The minimum absolute atomic E-state index is 0.0480. The number of aromatic nitrogens is 4. The van der Waals surface area contributed by atoms with Gasteiger partial charge in [0.25, 0.3) is 5.91 Å². The fourth-order valence-electron chi connectivity index (χ4n) is 3.40. The highest BCUT2D eigenvalue weighted by molar-refractivity contribution is 6.30. The van der Waals surface area contributed by atoms with Gasteiger partial charge in [0.15, 0.2) is 0 Å². The van der Waals surface area contributed by atoms with Crippen molar-refractivity contribution >= 4 is 17.5 Å². The zero-order valence-electron chi connectivity index (χ0n) is 17.3. The second-order valence-electron chi connectivity index (χ2n) is 7.59. The highest BCUT2D eigenvalue weighted by atomic mass is 35.5. The van der Waals surface area contributed by atoms with E-state index >= 15 is 0 Å². The monoisotopic (exact) mass is 431 g/mol. The van der Waals surface area contributed by atoms with Gasteiger partial charge in [-0.25, -0.2) is 4.68 Å². The van der Waals surface area contributed by atoms with Crippen molar-refractivity contribution in [3.05, 3.63) is 94.8 Å². The summed E-state index contributed by atoms with van der Waals surface area (Å²) < 4.78 is 1.55. The molecule has 1 atom stereocenters. The SMILES string of the molecule is Cc1ccc(-c2cc(C(=O)NC(C)Cc3ccc(Cl)cc3)cc(-n3cnnn3)c2)cc1. The summed E-state index contributed by atoms with van der Waals surface area (Å²) in [5.74, 6) is -0.148. The topological polar surface area (TPSA) is 72.7 Å². The Labute approximate surface area is 185 Å². The van der Waals surface area contributed by atoms with Gasteiger partial charge in [-0.1, -0.05) is 53.6 Å². The first-order chi connectivity index (χ1) is 15.0. The smallest absolute Gasteiger partial charge is 0.251 e. The summed E-state index contributed by atoms with van der Waals surface area (Å²) in [7, 11) is 0. The molecular formula is C24H22ClN5O. The van der Waals surface area contributed by atoms with Gasteiger partial charge in [0, 0.05) is 16.6 Å². The molecule has 0 spiro atoms. The molecule has 0 saturated carbocycles. The van der Waals surface area contributed by atoms with Crippen LogP contribution in [0.5, 0.6) is 0 Å². The van der Waals surface area contributed by atoms with Crippen LogP contribution in [-0.4, -0.2) is 32.2 Å². The van der Waals surface area contributed by atoms with Crippen molar-refractivity contribution in [1.29, 1.82) is 0 Å². The summed E-state index contributed by atoms with van der Waals surface area (Å²) in [6.45, 7) is 4.03. The predicted octanol–water partition coefficient (Wildman–Crippen LogP) is 4.65. The van der Waals surface area contributed by atoms with E-state index in [2.05, 4.69) is 20.8 Å². The van der Waals surface area contributed by atoms with Crippen LogP contribution in [0.25, 0.3) is 16.8 Å². The van der Waals surface area contributed by atoms with Crippen LogP contribution in [0.2, 0.25) is 5.02 Å².